The summed E-state index contributed by atoms with van der Waals surface area (Å²) in [5.41, 5.74) is 1.16. The van der Waals surface area contributed by atoms with Gasteiger partial charge in [0, 0.05) is 22.3 Å². The van der Waals surface area contributed by atoms with Crippen molar-refractivity contribution in [1.29, 1.82) is 0 Å². The van der Waals surface area contributed by atoms with Crippen LogP contribution in [0.25, 0.3) is 0 Å². The van der Waals surface area contributed by atoms with Crippen LogP contribution in [0.15, 0.2) is 83.8 Å². The first-order valence-corrected chi connectivity index (χ1v) is 10.9. The van der Waals surface area contributed by atoms with Crippen molar-refractivity contribution in [2.75, 3.05) is 11.9 Å². The van der Waals surface area contributed by atoms with Crippen LogP contribution in [0.3, 0.4) is 0 Å². The van der Waals surface area contributed by atoms with E-state index in [0.717, 1.165) is 9.87 Å². The smallest absolute Gasteiger partial charge is 0.243 e. The number of anilines is 1. The van der Waals surface area contributed by atoms with E-state index in [1.807, 2.05) is 30.3 Å². The molecule has 0 heterocycles. The van der Waals surface area contributed by atoms with Gasteiger partial charge >= 0.3 is 0 Å². The number of halogens is 2. The molecule has 0 bridgehead atoms. The van der Waals surface area contributed by atoms with Gasteiger partial charge in [-0.25, -0.2) is 8.42 Å². The predicted molar refractivity (Wildman–Crippen MR) is 116 cm³/mol. The average molecular weight is 449 g/mol. The molecule has 0 aliphatic heterocycles. The van der Waals surface area contributed by atoms with Gasteiger partial charge in [-0.3, -0.25) is 4.79 Å². The van der Waals surface area contributed by atoms with Crippen molar-refractivity contribution in [2.45, 2.75) is 11.4 Å². The lowest BCUT2D eigenvalue weighted by atomic mass is 10.2. The Morgan fingerprint density at radius 1 is 0.862 bits per heavy atom. The number of hydrogen-bond donors (Lipinski definition) is 1. The number of carbonyl (C=O) groups is 1. The van der Waals surface area contributed by atoms with Gasteiger partial charge in [0.2, 0.25) is 15.9 Å². The maximum absolute atomic E-state index is 13.1. The van der Waals surface area contributed by atoms with Crippen LogP contribution in [0, 0.1) is 0 Å². The standard InChI is InChI=1S/C21H18Cl2N2O3S/c22-17-11-18(23)13-19(12-17)24-21(26)15-25(14-16-7-3-1-4-8-16)29(27,28)20-9-5-2-6-10-20/h1-13H,14-15H2,(H,24,26). The van der Waals surface area contributed by atoms with E-state index in [9.17, 15) is 13.2 Å². The fourth-order valence-corrected chi connectivity index (χ4v) is 4.67. The molecule has 150 valence electrons. The molecule has 0 radical (unpaired) electrons. The fraction of sp³-hybridized carbons (Fsp3) is 0.0952. The van der Waals surface area contributed by atoms with E-state index in [0.29, 0.717) is 15.7 Å². The van der Waals surface area contributed by atoms with Gasteiger partial charge in [0.1, 0.15) is 0 Å². The highest BCUT2D eigenvalue weighted by atomic mass is 35.5. The maximum atomic E-state index is 13.1. The molecule has 1 amide bonds. The molecule has 5 nitrogen and oxygen atoms in total. The molecule has 0 saturated carbocycles. The molecule has 3 aromatic carbocycles. The van der Waals surface area contributed by atoms with Gasteiger partial charge in [-0.15, -0.1) is 0 Å². The molecule has 1 N–H and O–H groups in total. The van der Waals surface area contributed by atoms with Gasteiger partial charge in [0.15, 0.2) is 0 Å². The molecule has 0 fully saturated rings. The van der Waals surface area contributed by atoms with Crippen LogP contribution in [0.4, 0.5) is 5.69 Å². The number of carbonyl (C=O) groups excluding carboxylic acids is 1. The van der Waals surface area contributed by atoms with E-state index < -0.39 is 15.9 Å². The number of rotatable bonds is 7. The quantitative estimate of drug-likeness (QED) is 0.562. The van der Waals surface area contributed by atoms with Crippen LogP contribution in [-0.4, -0.2) is 25.2 Å². The summed E-state index contributed by atoms with van der Waals surface area (Å²) in [4.78, 5) is 12.7. The molecular formula is C21H18Cl2N2O3S. The molecule has 0 aromatic heterocycles. The van der Waals surface area contributed by atoms with Crippen LogP contribution in [0.5, 0.6) is 0 Å². The number of sulfonamides is 1. The second kappa shape index (κ2) is 9.41. The molecule has 0 unspecified atom stereocenters. The number of amides is 1. The van der Waals surface area contributed by atoms with Crippen molar-refractivity contribution in [1.82, 2.24) is 4.31 Å². The van der Waals surface area contributed by atoms with Gasteiger partial charge in [0.05, 0.1) is 11.4 Å². The monoisotopic (exact) mass is 448 g/mol. The van der Waals surface area contributed by atoms with E-state index in [2.05, 4.69) is 5.32 Å². The minimum absolute atomic E-state index is 0.0573. The molecule has 0 aliphatic rings. The Balaban J connectivity index is 1.85. The maximum Gasteiger partial charge on any atom is 0.243 e. The van der Waals surface area contributed by atoms with Gasteiger partial charge in [-0.2, -0.15) is 4.31 Å². The molecular weight excluding hydrogens is 431 g/mol. The van der Waals surface area contributed by atoms with Crippen LogP contribution in [0.2, 0.25) is 10.0 Å². The molecule has 3 aromatic rings. The highest BCUT2D eigenvalue weighted by Crippen LogP contribution is 2.23. The van der Waals surface area contributed by atoms with Crippen molar-refractivity contribution in [3.05, 3.63) is 94.5 Å². The summed E-state index contributed by atoms with van der Waals surface area (Å²) >= 11 is 11.9. The largest absolute Gasteiger partial charge is 0.325 e. The van der Waals surface area contributed by atoms with Crippen molar-refractivity contribution in [2.24, 2.45) is 0 Å². The summed E-state index contributed by atoms with van der Waals surface area (Å²) in [7, 11) is -3.88. The first kappa shape index (κ1) is 21.3. The SMILES string of the molecule is O=C(CN(Cc1ccccc1)S(=O)(=O)c1ccccc1)Nc1cc(Cl)cc(Cl)c1. The minimum atomic E-state index is -3.88. The zero-order chi connectivity index (χ0) is 20.9. The van der Waals surface area contributed by atoms with Gasteiger partial charge in [-0.05, 0) is 35.9 Å². The Morgan fingerprint density at radius 2 is 1.41 bits per heavy atom. The first-order chi connectivity index (χ1) is 13.8. The van der Waals surface area contributed by atoms with E-state index in [1.54, 1.807) is 36.4 Å². The molecule has 0 spiro atoms. The highest BCUT2D eigenvalue weighted by Gasteiger charge is 2.26. The van der Waals surface area contributed by atoms with Crippen molar-refractivity contribution in [3.63, 3.8) is 0 Å². The number of benzene rings is 3. The summed E-state index contributed by atoms with van der Waals surface area (Å²) in [6.45, 7) is -0.307. The fourth-order valence-electron chi connectivity index (χ4n) is 2.74. The third kappa shape index (κ3) is 5.81. The van der Waals surface area contributed by atoms with Gasteiger partial charge in [0.25, 0.3) is 0 Å². The van der Waals surface area contributed by atoms with E-state index in [-0.39, 0.29) is 18.0 Å². The molecule has 8 heteroatoms. The minimum Gasteiger partial charge on any atom is -0.325 e. The number of hydrogen-bond acceptors (Lipinski definition) is 3. The molecule has 0 saturated heterocycles. The Hall–Kier alpha value is -2.38. The van der Waals surface area contributed by atoms with Crippen LogP contribution < -0.4 is 5.32 Å². The Morgan fingerprint density at radius 3 is 2.00 bits per heavy atom. The van der Waals surface area contributed by atoms with Gasteiger partial charge < -0.3 is 5.32 Å². The summed E-state index contributed by atoms with van der Waals surface area (Å²) in [5, 5.41) is 3.38. The molecule has 29 heavy (non-hydrogen) atoms. The Kier molecular flexibility index (Phi) is 6.92. The molecule has 0 atom stereocenters. The summed E-state index contributed by atoms with van der Waals surface area (Å²) in [5.74, 6) is -0.501. The van der Waals surface area contributed by atoms with Crippen LogP contribution >= 0.6 is 23.2 Å². The lowest BCUT2D eigenvalue weighted by molar-refractivity contribution is -0.116. The molecule has 0 aliphatic carbocycles. The molecule has 3 rings (SSSR count). The lowest BCUT2D eigenvalue weighted by Crippen LogP contribution is -2.37. The summed E-state index contributed by atoms with van der Waals surface area (Å²) < 4.78 is 27.4. The van der Waals surface area contributed by atoms with E-state index in [1.165, 1.54) is 12.1 Å². The lowest BCUT2D eigenvalue weighted by Gasteiger charge is -2.22. The van der Waals surface area contributed by atoms with Crippen LogP contribution in [-0.2, 0) is 21.4 Å². The first-order valence-electron chi connectivity index (χ1n) is 8.70. The highest BCUT2D eigenvalue weighted by molar-refractivity contribution is 7.89. The van der Waals surface area contributed by atoms with Gasteiger partial charge in [-0.1, -0.05) is 71.7 Å². The number of nitrogens with one attached hydrogen (secondary N) is 1. The topological polar surface area (TPSA) is 66.5 Å². The Labute approximate surface area is 179 Å². The summed E-state index contributed by atoms with van der Waals surface area (Å²) in [6, 6.07) is 21.7. The van der Waals surface area contributed by atoms with Crippen molar-refractivity contribution >= 4 is 44.8 Å². The predicted octanol–water partition coefficient (Wildman–Crippen LogP) is 4.82. The third-order valence-corrected chi connectivity index (χ3v) is 6.29. The zero-order valence-electron chi connectivity index (χ0n) is 15.3. The normalized spacial score (nSPS) is 11.4. The van der Waals surface area contributed by atoms with E-state index in [4.69, 9.17) is 23.2 Å². The van der Waals surface area contributed by atoms with Crippen molar-refractivity contribution < 1.29 is 13.2 Å². The second-order valence-corrected chi connectivity index (χ2v) is 9.09. The Bertz CT molecular complexity index is 1070. The summed E-state index contributed by atoms with van der Waals surface area (Å²) in [6.07, 6.45) is 0. The number of nitrogens with zero attached hydrogens (tertiary/aromatic N) is 1. The van der Waals surface area contributed by atoms with Crippen LogP contribution in [0.1, 0.15) is 5.56 Å². The van der Waals surface area contributed by atoms with E-state index >= 15 is 0 Å². The third-order valence-electron chi connectivity index (χ3n) is 4.05. The zero-order valence-corrected chi connectivity index (χ0v) is 17.6. The van der Waals surface area contributed by atoms with Crippen molar-refractivity contribution in [3.8, 4) is 0 Å². The second-order valence-electron chi connectivity index (χ2n) is 6.28. The average Bonchev–Trinajstić information content (AvgIpc) is 2.68.